The SMILES string of the molecule is Cc1nc(C)c(-c2ccnc(Nc3ccc(Br)cc3)n2)s1. The molecule has 0 spiro atoms. The van der Waals surface area contributed by atoms with Gasteiger partial charge in [0.25, 0.3) is 0 Å². The van der Waals surface area contributed by atoms with Crippen molar-refractivity contribution in [3.05, 3.63) is 51.7 Å². The zero-order chi connectivity index (χ0) is 14.8. The van der Waals surface area contributed by atoms with Gasteiger partial charge in [-0.25, -0.2) is 15.0 Å². The summed E-state index contributed by atoms with van der Waals surface area (Å²) in [4.78, 5) is 14.4. The number of nitrogens with zero attached hydrogens (tertiary/aromatic N) is 3. The second kappa shape index (κ2) is 5.91. The lowest BCUT2D eigenvalue weighted by Gasteiger charge is -2.06. The first-order valence-corrected chi connectivity index (χ1v) is 8.03. The van der Waals surface area contributed by atoms with E-state index in [0.717, 1.165) is 31.4 Å². The highest BCUT2D eigenvalue weighted by Gasteiger charge is 2.10. The van der Waals surface area contributed by atoms with Crippen molar-refractivity contribution in [1.29, 1.82) is 0 Å². The van der Waals surface area contributed by atoms with E-state index in [1.54, 1.807) is 17.5 Å². The number of hydrogen-bond donors (Lipinski definition) is 1. The van der Waals surface area contributed by atoms with Gasteiger partial charge in [-0.1, -0.05) is 15.9 Å². The zero-order valence-electron chi connectivity index (χ0n) is 11.6. The number of thiazole rings is 1. The highest BCUT2D eigenvalue weighted by Crippen LogP contribution is 2.28. The van der Waals surface area contributed by atoms with Crippen molar-refractivity contribution in [3.63, 3.8) is 0 Å². The van der Waals surface area contributed by atoms with E-state index >= 15 is 0 Å². The minimum atomic E-state index is 0.584. The summed E-state index contributed by atoms with van der Waals surface area (Å²) < 4.78 is 1.04. The Bertz CT molecular complexity index is 768. The fourth-order valence-electron chi connectivity index (χ4n) is 1.98. The maximum Gasteiger partial charge on any atom is 0.227 e. The van der Waals surface area contributed by atoms with Crippen LogP contribution in [0.5, 0.6) is 0 Å². The normalized spacial score (nSPS) is 10.6. The minimum Gasteiger partial charge on any atom is -0.324 e. The summed E-state index contributed by atoms with van der Waals surface area (Å²) in [5, 5.41) is 4.25. The average Bonchev–Trinajstić information content (AvgIpc) is 2.81. The van der Waals surface area contributed by atoms with Crippen LogP contribution in [0.3, 0.4) is 0 Å². The number of benzene rings is 1. The summed E-state index contributed by atoms with van der Waals surface area (Å²) in [7, 11) is 0. The van der Waals surface area contributed by atoms with Gasteiger partial charge in [0.1, 0.15) is 0 Å². The Morgan fingerprint density at radius 3 is 2.48 bits per heavy atom. The fourth-order valence-corrected chi connectivity index (χ4v) is 3.13. The smallest absolute Gasteiger partial charge is 0.227 e. The maximum atomic E-state index is 4.57. The van der Waals surface area contributed by atoms with Gasteiger partial charge in [-0.2, -0.15) is 0 Å². The summed E-state index contributed by atoms with van der Waals surface area (Å²) in [5.74, 6) is 0.584. The third-order valence-corrected chi connectivity index (χ3v) is 4.52. The molecule has 0 radical (unpaired) electrons. The van der Waals surface area contributed by atoms with E-state index < -0.39 is 0 Å². The van der Waals surface area contributed by atoms with Crippen LogP contribution in [0.2, 0.25) is 0 Å². The van der Waals surface area contributed by atoms with Gasteiger partial charge in [-0.15, -0.1) is 11.3 Å². The van der Waals surface area contributed by atoms with Crippen LogP contribution in [0, 0.1) is 13.8 Å². The van der Waals surface area contributed by atoms with E-state index in [1.165, 1.54) is 0 Å². The van der Waals surface area contributed by atoms with Gasteiger partial charge < -0.3 is 5.32 Å². The highest BCUT2D eigenvalue weighted by molar-refractivity contribution is 9.10. The second-order valence-electron chi connectivity index (χ2n) is 4.54. The van der Waals surface area contributed by atoms with Gasteiger partial charge in [0, 0.05) is 16.4 Å². The van der Waals surface area contributed by atoms with Gasteiger partial charge in [0.2, 0.25) is 5.95 Å². The largest absolute Gasteiger partial charge is 0.324 e. The third kappa shape index (κ3) is 3.28. The molecule has 1 N–H and O–H groups in total. The molecule has 0 bridgehead atoms. The number of anilines is 2. The van der Waals surface area contributed by atoms with Crippen LogP contribution < -0.4 is 5.32 Å². The summed E-state index contributed by atoms with van der Waals surface area (Å²) in [5.41, 5.74) is 2.85. The molecule has 4 nitrogen and oxygen atoms in total. The topological polar surface area (TPSA) is 50.7 Å². The van der Waals surface area contributed by atoms with Crippen molar-refractivity contribution in [1.82, 2.24) is 15.0 Å². The lowest BCUT2D eigenvalue weighted by atomic mass is 10.3. The minimum absolute atomic E-state index is 0.584. The molecule has 0 unspecified atom stereocenters. The second-order valence-corrected chi connectivity index (χ2v) is 6.66. The maximum absolute atomic E-state index is 4.57. The van der Waals surface area contributed by atoms with E-state index in [1.807, 2.05) is 44.2 Å². The first-order valence-electron chi connectivity index (χ1n) is 6.42. The van der Waals surface area contributed by atoms with Crippen LogP contribution in [0.1, 0.15) is 10.7 Å². The summed E-state index contributed by atoms with van der Waals surface area (Å²) in [6.45, 7) is 4.01. The molecule has 21 heavy (non-hydrogen) atoms. The van der Waals surface area contributed by atoms with Crippen molar-refractivity contribution in [2.45, 2.75) is 13.8 Å². The van der Waals surface area contributed by atoms with E-state index in [9.17, 15) is 0 Å². The fraction of sp³-hybridized carbons (Fsp3) is 0.133. The zero-order valence-corrected chi connectivity index (χ0v) is 14.0. The monoisotopic (exact) mass is 360 g/mol. The molecule has 6 heteroatoms. The lowest BCUT2D eigenvalue weighted by molar-refractivity contribution is 1.16. The van der Waals surface area contributed by atoms with Crippen molar-refractivity contribution >= 4 is 38.9 Å². The molecule has 2 heterocycles. The Labute approximate surface area is 135 Å². The van der Waals surface area contributed by atoms with Crippen molar-refractivity contribution < 1.29 is 0 Å². The molecule has 0 atom stereocenters. The molecule has 3 rings (SSSR count). The molecule has 0 amide bonds. The number of aromatic nitrogens is 3. The molecule has 0 fully saturated rings. The van der Waals surface area contributed by atoms with Gasteiger partial charge in [0.15, 0.2) is 0 Å². The first kappa shape index (κ1) is 14.2. The quantitative estimate of drug-likeness (QED) is 0.733. The summed E-state index contributed by atoms with van der Waals surface area (Å²) >= 11 is 5.07. The molecular formula is C15H13BrN4S. The van der Waals surface area contributed by atoms with Gasteiger partial charge in [-0.3, -0.25) is 0 Å². The predicted molar refractivity (Wildman–Crippen MR) is 90.0 cm³/mol. The first-order chi connectivity index (χ1) is 10.1. The predicted octanol–water partition coefficient (Wildman–Crippen LogP) is 4.72. The Morgan fingerprint density at radius 2 is 1.81 bits per heavy atom. The number of nitrogens with one attached hydrogen (secondary N) is 1. The molecule has 2 aromatic heterocycles. The van der Waals surface area contributed by atoms with Crippen molar-refractivity contribution in [2.75, 3.05) is 5.32 Å². The summed E-state index contributed by atoms with van der Waals surface area (Å²) in [6.07, 6.45) is 1.76. The highest BCUT2D eigenvalue weighted by atomic mass is 79.9. The van der Waals surface area contributed by atoms with Crippen molar-refractivity contribution in [3.8, 4) is 10.6 Å². The molecule has 3 aromatic rings. The number of hydrogen-bond acceptors (Lipinski definition) is 5. The molecule has 106 valence electrons. The molecule has 0 saturated carbocycles. The van der Waals surface area contributed by atoms with Crippen molar-refractivity contribution in [2.24, 2.45) is 0 Å². The van der Waals surface area contributed by atoms with Crippen LogP contribution in [0.4, 0.5) is 11.6 Å². The van der Waals surface area contributed by atoms with E-state index in [4.69, 9.17) is 0 Å². The van der Waals surface area contributed by atoms with Crippen LogP contribution in [0.15, 0.2) is 41.0 Å². The molecular weight excluding hydrogens is 348 g/mol. The Morgan fingerprint density at radius 1 is 1.05 bits per heavy atom. The molecule has 1 aromatic carbocycles. The Kier molecular flexibility index (Phi) is 3.98. The third-order valence-electron chi connectivity index (χ3n) is 2.89. The number of halogens is 1. The molecule has 0 saturated heterocycles. The Hall–Kier alpha value is -1.79. The number of aryl methyl sites for hydroxylation is 2. The average molecular weight is 361 g/mol. The van der Waals surface area contributed by atoms with Crippen LogP contribution in [-0.2, 0) is 0 Å². The Balaban J connectivity index is 1.89. The van der Waals surface area contributed by atoms with E-state index in [2.05, 4.69) is 36.2 Å². The van der Waals surface area contributed by atoms with Gasteiger partial charge in [0.05, 0.1) is 21.3 Å². The molecule has 0 aliphatic heterocycles. The molecule has 0 aliphatic rings. The van der Waals surface area contributed by atoms with Crippen LogP contribution >= 0.6 is 27.3 Å². The standard InChI is InChI=1S/C15H13BrN4S/c1-9-14(21-10(2)18-9)13-7-8-17-15(20-13)19-12-5-3-11(16)4-6-12/h3-8H,1-2H3,(H,17,19,20). The number of rotatable bonds is 3. The lowest BCUT2D eigenvalue weighted by Crippen LogP contribution is -1.97. The summed E-state index contributed by atoms with van der Waals surface area (Å²) in [6, 6.07) is 9.81. The molecule has 0 aliphatic carbocycles. The van der Waals surface area contributed by atoms with Gasteiger partial charge in [-0.05, 0) is 44.2 Å². The van der Waals surface area contributed by atoms with E-state index in [-0.39, 0.29) is 0 Å². The van der Waals surface area contributed by atoms with Gasteiger partial charge >= 0.3 is 0 Å². The van der Waals surface area contributed by atoms with Crippen LogP contribution in [0.25, 0.3) is 10.6 Å². The van der Waals surface area contributed by atoms with E-state index in [0.29, 0.717) is 5.95 Å². The van der Waals surface area contributed by atoms with Crippen LogP contribution in [-0.4, -0.2) is 15.0 Å².